The average Bonchev–Trinajstić information content (AvgIpc) is 3.28. The van der Waals surface area contributed by atoms with E-state index in [1.807, 2.05) is 6.92 Å². The van der Waals surface area contributed by atoms with Crippen LogP contribution in [0.25, 0.3) is 0 Å². The number of hydrogen-bond acceptors (Lipinski definition) is 7. The number of carbonyl (C=O) groups excluding carboxylic acids is 4. The Morgan fingerprint density at radius 3 is 2.50 bits per heavy atom. The smallest absolute Gasteiger partial charge is 0.351 e. The average molecular weight is 718 g/mol. The molecule has 11 nitrogen and oxygen atoms in total. The Balaban J connectivity index is 1.58. The van der Waals surface area contributed by atoms with Gasteiger partial charge in [0.1, 0.15) is 23.7 Å². The van der Waals surface area contributed by atoms with Crippen LogP contribution in [0.1, 0.15) is 64.0 Å². The molecule has 2 saturated heterocycles. The van der Waals surface area contributed by atoms with Crippen LogP contribution in [0, 0.1) is 17.7 Å². The van der Waals surface area contributed by atoms with Crippen molar-refractivity contribution in [1.29, 1.82) is 0 Å². The molecule has 1 aromatic heterocycles. The van der Waals surface area contributed by atoms with Gasteiger partial charge in [-0.05, 0) is 35.6 Å². The predicted octanol–water partition coefficient (Wildman–Crippen LogP) is 4.28. The summed E-state index contributed by atoms with van der Waals surface area (Å²) in [6, 6.07) is 3.43. The molecule has 2 radical (unpaired) electrons. The molecule has 0 aliphatic carbocycles. The first-order valence-corrected chi connectivity index (χ1v) is 18.2. The van der Waals surface area contributed by atoms with Crippen LogP contribution in [0.3, 0.4) is 0 Å². The number of carbonyl (C=O) groups is 4. The van der Waals surface area contributed by atoms with Crippen molar-refractivity contribution in [2.75, 3.05) is 38.7 Å². The zero-order valence-electron chi connectivity index (χ0n) is 29.1. The third-order valence-electron chi connectivity index (χ3n) is 9.52. The first-order valence-electron chi connectivity index (χ1n) is 16.9. The van der Waals surface area contributed by atoms with Gasteiger partial charge in [0.05, 0.1) is 37.8 Å². The maximum Gasteiger partial charge on any atom is 0.351 e. The van der Waals surface area contributed by atoms with Gasteiger partial charge >= 0.3 is 5.92 Å². The van der Waals surface area contributed by atoms with Gasteiger partial charge in [-0.15, -0.1) is 0 Å². The van der Waals surface area contributed by atoms with E-state index < -0.39 is 53.0 Å². The van der Waals surface area contributed by atoms with E-state index in [-0.39, 0.29) is 35.6 Å². The Labute approximate surface area is 293 Å². The number of nitrogens with one attached hydrogen (secondary N) is 3. The molecule has 272 valence electrons. The van der Waals surface area contributed by atoms with Gasteiger partial charge in [-0.25, -0.2) is 4.39 Å². The van der Waals surface area contributed by atoms with Gasteiger partial charge in [0.2, 0.25) is 17.7 Å². The number of alkyl halides is 2. The van der Waals surface area contributed by atoms with Gasteiger partial charge in [-0.2, -0.15) is 8.78 Å². The van der Waals surface area contributed by atoms with E-state index >= 15 is 13.2 Å². The standard InChI is InChI=1S/C35H46F3N5O6Si/c1-6-29(44)41-30(33(46)43-10-12-49-13-11-43)22(4)23-7-8-28(27(36)16-23)40-32(45)31(26-9-14-50-21(3)15-20(26)2)42-34(47)35(37,38)24-17-25(48-5)19-39-18-24/h7-8,16-22,26,30-31H,6,9-15H2,1-5H3,(H,40,45)(H,41,44)(H,42,47)/t20-,21-,22+,26+,30-,31+/m1/s1. The van der Waals surface area contributed by atoms with Crippen molar-refractivity contribution in [3.8, 4) is 5.75 Å². The summed E-state index contributed by atoms with van der Waals surface area (Å²) >= 11 is 0. The molecular weight excluding hydrogens is 671 g/mol. The van der Waals surface area contributed by atoms with Crippen molar-refractivity contribution in [3.63, 3.8) is 0 Å². The molecule has 3 heterocycles. The van der Waals surface area contributed by atoms with Crippen LogP contribution in [-0.2, 0) is 29.8 Å². The van der Waals surface area contributed by atoms with Gasteiger partial charge < -0.3 is 30.3 Å². The number of methoxy groups -OCH3 is 1. The Kier molecular flexibility index (Phi) is 13.4. The van der Waals surface area contributed by atoms with Crippen molar-refractivity contribution in [2.24, 2.45) is 11.8 Å². The van der Waals surface area contributed by atoms with E-state index in [9.17, 15) is 19.2 Å². The second-order valence-corrected chi connectivity index (χ2v) is 14.9. The van der Waals surface area contributed by atoms with E-state index in [4.69, 9.17) is 9.47 Å². The second kappa shape index (κ2) is 17.3. The number of morpholine rings is 1. The lowest BCUT2D eigenvalue weighted by molar-refractivity contribution is -0.149. The van der Waals surface area contributed by atoms with E-state index in [1.165, 1.54) is 31.5 Å². The van der Waals surface area contributed by atoms with Crippen LogP contribution < -0.4 is 20.7 Å². The maximum absolute atomic E-state index is 15.7. The monoisotopic (exact) mass is 717 g/mol. The Morgan fingerprint density at radius 1 is 1.12 bits per heavy atom. The topological polar surface area (TPSA) is 139 Å². The SMILES string of the molecule is CCC(=O)N[C@@H](C(=O)N1CCOCC1)[C@@H](C)c1ccc(NC(=O)[C@@H](NC(=O)C(F)(F)c2cncc(OC)c2)[C@H]2CC[Si][C@H](C)C[C@H]2C)c(F)c1. The Morgan fingerprint density at radius 2 is 1.84 bits per heavy atom. The molecule has 1 aromatic carbocycles. The second-order valence-electron chi connectivity index (χ2n) is 13.0. The summed E-state index contributed by atoms with van der Waals surface area (Å²) in [7, 11) is 1.90. The third-order valence-corrected chi connectivity index (χ3v) is 11.0. The molecule has 0 bridgehead atoms. The fourth-order valence-corrected chi connectivity index (χ4v) is 8.03. The van der Waals surface area contributed by atoms with Gasteiger partial charge in [0, 0.05) is 41.1 Å². The Hall–Kier alpha value is -3.98. The van der Waals surface area contributed by atoms with Crippen molar-refractivity contribution < 1.29 is 41.8 Å². The molecular formula is C35H46F3N5O6Si. The quantitative estimate of drug-likeness (QED) is 0.279. The number of aromatic nitrogens is 1. The minimum atomic E-state index is -4.05. The van der Waals surface area contributed by atoms with Crippen LogP contribution in [0.15, 0.2) is 36.7 Å². The maximum atomic E-state index is 15.7. The van der Waals surface area contributed by atoms with E-state index in [0.29, 0.717) is 53.3 Å². The van der Waals surface area contributed by atoms with Gasteiger partial charge in [0.15, 0.2) is 0 Å². The van der Waals surface area contributed by atoms with E-state index in [0.717, 1.165) is 24.7 Å². The number of nitrogens with zero attached hydrogens (tertiary/aromatic N) is 2. The number of pyridine rings is 1. The summed E-state index contributed by atoms with van der Waals surface area (Å²) in [5, 5.41) is 7.60. The predicted molar refractivity (Wildman–Crippen MR) is 182 cm³/mol. The fourth-order valence-electron chi connectivity index (χ4n) is 6.50. The highest BCUT2D eigenvalue weighted by Crippen LogP contribution is 2.36. The summed E-state index contributed by atoms with van der Waals surface area (Å²) in [5.74, 6) is -9.24. The van der Waals surface area contributed by atoms with Crippen LogP contribution in [0.5, 0.6) is 5.75 Å². The zero-order valence-corrected chi connectivity index (χ0v) is 30.1. The molecule has 50 heavy (non-hydrogen) atoms. The number of anilines is 1. The van der Waals surface area contributed by atoms with Crippen LogP contribution >= 0.6 is 0 Å². The summed E-state index contributed by atoms with van der Waals surface area (Å²) in [5.41, 5.74) is -0.160. The number of hydrogen-bond donors (Lipinski definition) is 3. The third kappa shape index (κ3) is 9.41. The molecule has 0 unspecified atom stereocenters. The van der Waals surface area contributed by atoms with Crippen LogP contribution in [0.4, 0.5) is 18.9 Å². The molecule has 4 rings (SSSR count). The number of halogens is 3. The molecule has 4 amide bonds. The van der Waals surface area contributed by atoms with Crippen molar-refractivity contribution in [3.05, 3.63) is 53.6 Å². The van der Waals surface area contributed by atoms with Crippen LogP contribution in [-0.4, -0.2) is 88.5 Å². The number of amides is 4. The molecule has 0 saturated carbocycles. The summed E-state index contributed by atoms with van der Waals surface area (Å²) < 4.78 is 57.0. The van der Waals surface area contributed by atoms with Crippen LogP contribution in [0.2, 0.25) is 11.6 Å². The molecule has 2 aromatic rings. The van der Waals surface area contributed by atoms with Gasteiger partial charge in [0.25, 0.3) is 5.91 Å². The number of rotatable bonds is 12. The lowest BCUT2D eigenvalue weighted by atomic mass is 9.81. The largest absolute Gasteiger partial charge is 0.495 e. The number of benzene rings is 1. The zero-order chi connectivity index (χ0) is 36.6. The normalized spacial score (nSPS) is 21.6. The minimum Gasteiger partial charge on any atom is -0.495 e. The Bertz CT molecular complexity index is 1530. The highest BCUT2D eigenvalue weighted by Gasteiger charge is 2.45. The highest BCUT2D eigenvalue weighted by molar-refractivity contribution is 6.37. The van der Waals surface area contributed by atoms with Crippen molar-refractivity contribution >= 4 is 38.8 Å². The van der Waals surface area contributed by atoms with Crippen molar-refractivity contribution in [2.45, 2.75) is 82.5 Å². The summed E-state index contributed by atoms with van der Waals surface area (Å²) in [4.78, 5) is 58.2. The van der Waals surface area contributed by atoms with E-state index in [1.54, 1.807) is 18.7 Å². The molecule has 0 spiro atoms. The molecule has 6 atom stereocenters. The lowest BCUT2D eigenvalue weighted by Gasteiger charge is -2.33. The van der Waals surface area contributed by atoms with Gasteiger partial charge in [-0.1, -0.05) is 58.2 Å². The van der Waals surface area contributed by atoms with E-state index in [2.05, 4.69) is 27.9 Å². The molecule has 2 aliphatic rings. The highest BCUT2D eigenvalue weighted by atomic mass is 28.2. The molecule has 15 heteroatoms. The van der Waals surface area contributed by atoms with Gasteiger partial charge in [-0.3, -0.25) is 24.2 Å². The molecule has 3 N–H and O–H groups in total. The first-order chi connectivity index (χ1) is 23.8. The minimum absolute atomic E-state index is 0.0365. The molecule has 2 aliphatic heterocycles. The fraction of sp³-hybridized carbons (Fsp3) is 0.571. The first kappa shape index (κ1) is 38.8. The molecule has 2 fully saturated rings. The van der Waals surface area contributed by atoms with Crippen molar-refractivity contribution in [1.82, 2.24) is 20.5 Å². The lowest BCUT2D eigenvalue weighted by Crippen LogP contribution is -2.53. The number of ether oxygens (including phenoxy) is 2. The summed E-state index contributed by atoms with van der Waals surface area (Å²) in [6.07, 6.45) is 3.48. The summed E-state index contributed by atoms with van der Waals surface area (Å²) in [6.45, 7) is 8.85.